The lowest BCUT2D eigenvalue weighted by Crippen LogP contribution is -2.45. The first-order valence-corrected chi connectivity index (χ1v) is 7.86. The number of hydrogen-bond donors (Lipinski definition) is 1. The summed E-state index contributed by atoms with van der Waals surface area (Å²) in [6, 6.07) is 1.37. The Morgan fingerprint density at radius 3 is 2.83 bits per heavy atom. The van der Waals surface area contributed by atoms with Gasteiger partial charge in [0.25, 0.3) is 0 Å². The molecule has 0 saturated carbocycles. The summed E-state index contributed by atoms with van der Waals surface area (Å²) in [5.41, 5.74) is 0. The van der Waals surface area contributed by atoms with Crippen LogP contribution in [0.15, 0.2) is 0 Å². The average molecular weight is 256 g/mol. The third-order valence-corrected chi connectivity index (χ3v) is 3.99. The molecule has 1 N–H and O–H groups in total. The monoisotopic (exact) mass is 256 g/mol. The number of hydrogen-bond acceptors (Lipinski definition) is 3. The molecular formula is C15H32N2O. The maximum absolute atomic E-state index is 5.55. The largest absolute Gasteiger partial charge is 0.378 e. The van der Waals surface area contributed by atoms with E-state index >= 15 is 0 Å². The van der Waals surface area contributed by atoms with Crippen LogP contribution < -0.4 is 5.32 Å². The summed E-state index contributed by atoms with van der Waals surface area (Å²) in [6.07, 6.45) is 6.32. The van der Waals surface area contributed by atoms with Crippen molar-refractivity contribution >= 4 is 0 Å². The van der Waals surface area contributed by atoms with Crippen LogP contribution >= 0.6 is 0 Å². The number of rotatable bonds is 9. The van der Waals surface area contributed by atoms with E-state index in [9.17, 15) is 0 Å². The van der Waals surface area contributed by atoms with Crippen LogP contribution in [-0.4, -0.2) is 49.8 Å². The summed E-state index contributed by atoms with van der Waals surface area (Å²) in [5, 5.41) is 3.64. The summed E-state index contributed by atoms with van der Waals surface area (Å²) in [6.45, 7) is 12.2. The maximum atomic E-state index is 5.55. The van der Waals surface area contributed by atoms with Crippen molar-refractivity contribution in [2.45, 2.75) is 65.0 Å². The molecule has 1 aliphatic rings. The number of morpholine rings is 1. The van der Waals surface area contributed by atoms with Crippen molar-refractivity contribution in [2.75, 3.05) is 32.8 Å². The van der Waals surface area contributed by atoms with Crippen LogP contribution in [0.2, 0.25) is 0 Å². The first kappa shape index (κ1) is 15.9. The molecule has 2 unspecified atom stereocenters. The minimum atomic E-state index is 0.655. The predicted octanol–water partition coefficient (Wildman–Crippen LogP) is 2.66. The van der Waals surface area contributed by atoms with Crippen LogP contribution in [0, 0.1) is 0 Å². The molecular weight excluding hydrogens is 224 g/mol. The van der Waals surface area contributed by atoms with Gasteiger partial charge >= 0.3 is 0 Å². The van der Waals surface area contributed by atoms with E-state index < -0.39 is 0 Å². The van der Waals surface area contributed by atoms with Crippen molar-refractivity contribution in [3.63, 3.8) is 0 Å². The molecule has 0 amide bonds. The van der Waals surface area contributed by atoms with Crippen molar-refractivity contribution in [1.29, 1.82) is 0 Å². The van der Waals surface area contributed by atoms with Crippen LogP contribution in [0.1, 0.15) is 52.9 Å². The lowest BCUT2D eigenvalue weighted by Gasteiger charge is -2.35. The molecule has 0 aromatic rings. The van der Waals surface area contributed by atoms with Crippen molar-refractivity contribution < 1.29 is 4.74 Å². The molecule has 0 aromatic heterocycles. The molecule has 1 rings (SSSR count). The number of nitrogens with zero attached hydrogens (tertiary/aromatic N) is 1. The van der Waals surface area contributed by atoms with Gasteiger partial charge < -0.3 is 10.1 Å². The van der Waals surface area contributed by atoms with Gasteiger partial charge in [0.1, 0.15) is 0 Å². The van der Waals surface area contributed by atoms with E-state index in [4.69, 9.17) is 4.74 Å². The Balaban J connectivity index is 2.18. The Kier molecular flexibility index (Phi) is 8.64. The first-order valence-electron chi connectivity index (χ1n) is 7.86. The van der Waals surface area contributed by atoms with Crippen molar-refractivity contribution in [3.05, 3.63) is 0 Å². The van der Waals surface area contributed by atoms with Gasteiger partial charge in [-0.25, -0.2) is 0 Å². The summed E-state index contributed by atoms with van der Waals surface area (Å²) >= 11 is 0. The third-order valence-electron chi connectivity index (χ3n) is 3.99. The molecule has 1 aliphatic heterocycles. The van der Waals surface area contributed by atoms with Crippen LogP contribution in [0.3, 0.4) is 0 Å². The first-order chi connectivity index (χ1) is 8.81. The summed E-state index contributed by atoms with van der Waals surface area (Å²) < 4.78 is 5.55. The van der Waals surface area contributed by atoms with Gasteiger partial charge in [-0.15, -0.1) is 0 Å². The molecule has 0 aliphatic carbocycles. The highest BCUT2D eigenvalue weighted by Crippen LogP contribution is 2.12. The maximum Gasteiger partial charge on any atom is 0.0622 e. The van der Waals surface area contributed by atoms with E-state index in [1.54, 1.807) is 0 Å². The Labute approximate surface area is 113 Å². The van der Waals surface area contributed by atoms with Crippen molar-refractivity contribution in [3.8, 4) is 0 Å². The molecule has 0 radical (unpaired) electrons. The molecule has 0 spiro atoms. The quantitative estimate of drug-likeness (QED) is 0.686. The van der Waals surface area contributed by atoms with Gasteiger partial charge in [0, 0.05) is 18.6 Å². The van der Waals surface area contributed by atoms with Gasteiger partial charge in [0.15, 0.2) is 0 Å². The zero-order valence-electron chi connectivity index (χ0n) is 12.6. The molecule has 3 nitrogen and oxygen atoms in total. The molecule has 108 valence electrons. The summed E-state index contributed by atoms with van der Waals surface area (Å²) in [7, 11) is 0. The highest BCUT2D eigenvalue weighted by atomic mass is 16.5. The predicted molar refractivity (Wildman–Crippen MR) is 78.1 cm³/mol. The van der Waals surface area contributed by atoms with Crippen LogP contribution in [0.25, 0.3) is 0 Å². The van der Waals surface area contributed by atoms with E-state index in [-0.39, 0.29) is 0 Å². The standard InChI is InChI=1S/C15H32N2O/c1-4-9-16-14(5-2)8-7-10-17-11-12-18-13-15(17)6-3/h14-16H,4-13H2,1-3H3. The van der Waals surface area contributed by atoms with E-state index in [0.717, 1.165) is 26.3 Å². The second-order valence-corrected chi connectivity index (χ2v) is 5.37. The fourth-order valence-electron chi connectivity index (χ4n) is 2.70. The molecule has 0 bridgehead atoms. The van der Waals surface area contributed by atoms with Crippen LogP contribution in [0.5, 0.6) is 0 Å². The molecule has 1 heterocycles. The average Bonchev–Trinajstić information content (AvgIpc) is 2.43. The number of nitrogens with one attached hydrogen (secondary N) is 1. The molecule has 2 atom stereocenters. The van der Waals surface area contributed by atoms with Gasteiger partial charge in [-0.3, -0.25) is 4.90 Å². The molecule has 3 heteroatoms. The zero-order chi connectivity index (χ0) is 13.2. The minimum absolute atomic E-state index is 0.655. The lowest BCUT2D eigenvalue weighted by atomic mass is 10.1. The Hall–Kier alpha value is -0.120. The Morgan fingerprint density at radius 1 is 1.33 bits per heavy atom. The smallest absolute Gasteiger partial charge is 0.0622 e. The Bertz CT molecular complexity index is 199. The molecule has 1 fully saturated rings. The van der Waals surface area contributed by atoms with Gasteiger partial charge in [0.05, 0.1) is 13.2 Å². The molecule has 1 saturated heterocycles. The van der Waals surface area contributed by atoms with Crippen LogP contribution in [-0.2, 0) is 4.74 Å². The van der Waals surface area contributed by atoms with Crippen molar-refractivity contribution in [2.24, 2.45) is 0 Å². The Morgan fingerprint density at radius 2 is 2.17 bits per heavy atom. The fourth-order valence-corrected chi connectivity index (χ4v) is 2.70. The molecule has 18 heavy (non-hydrogen) atoms. The highest BCUT2D eigenvalue weighted by Gasteiger charge is 2.20. The number of ether oxygens (including phenoxy) is 1. The second-order valence-electron chi connectivity index (χ2n) is 5.37. The van der Waals surface area contributed by atoms with Crippen LogP contribution in [0.4, 0.5) is 0 Å². The van der Waals surface area contributed by atoms with E-state index in [2.05, 4.69) is 31.0 Å². The van der Waals surface area contributed by atoms with Gasteiger partial charge in [-0.2, -0.15) is 0 Å². The highest BCUT2D eigenvalue weighted by molar-refractivity contribution is 4.75. The topological polar surface area (TPSA) is 24.5 Å². The summed E-state index contributed by atoms with van der Waals surface area (Å²) in [5.74, 6) is 0. The van der Waals surface area contributed by atoms with Crippen molar-refractivity contribution in [1.82, 2.24) is 10.2 Å². The van der Waals surface area contributed by atoms with Gasteiger partial charge in [-0.05, 0) is 45.2 Å². The second kappa shape index (κ2) is 9.76. The normalized spacial score (nSPS) is 23.2. The van der Waals surface area contributed by atoms with Gasteiger partial charge in [-0.1, -0.05) is 20.8 Å². The van der Waals surface area contributed by atoms with E-state index in [0.29, 0.717) is 12.1 Å². The minimum Gasteiger partial charge on any atom is -0.378 e. The van der Waals surface area contributed by atoms with E-state index in [1.165, 1.54) is 38.6 Å². The molecule has 0 aromatic carbocycles. The fraction of sp³-hybridized carbons (Fsp3) is 1.00. The summed E-state index contributed by atoms with van der Waals surface area (Å²) in [4.78, 5) is 2.62. The van der Waals surface area contributed by atoms with Gasteiger partial charge in [0.2, 0.25) is 0 Å². The van der Waals surface area contributed by atoms with E-state index in [1.807, 2.05) is 0 Å². The SMILES string of the molecule is CCCNC(CC)CCCN1CCOCC1CC. The lowest BCUT2D eigenvalue weighted by molar-refractivity contribution is -0.00939. The third kappa shape index (κ3) is 5.68. The zero-order valence-corrected chi connectivity index (χ0v) is 12.6.